The van der Waals surface area contributed by atoms with Crippen molar-refractivity contribution in [3.05, 3.63) is 48.5 Å². The summed E-state index contributed by atoms with van der Waals surface area (Å²) >= 11 is 0. The number of β-amino-alcohol motifs (C(OH)–C–C–N with tert-alkyl or cyclic N) is 1. The third kappa shape index (κ3) is 3.40. The maximum absolute atomic E-state index is 12.6. The van der Waals surface area contributed by atoms with Gasteiger partial charge in [0.1, 0.15) is 18.0 Å². The van der Waals surface area contributed by atoms with Crippen molar-refractivity contribution in [2.45, 2.75) is 17.1 Å². The largest absolute Gasteiger partial charge is 0.486 e. The van der Waals surface area contributed by atoms with Crippen molar-refractivity contribution in [2.24, 2.45) is 0 Å². The van der Waals surface area contributed by atoms with Gasteiger partial charge in [-0.3, -0.25) is 0 Å². The van der Waals surface area contributed by atoms with Gasteiger partial charge in [-0.2, -0.15) is 0 Å². The number of fused-ring (bicyclic) bond motifs is 1. The minimum absolute atomic E-state index is 0.184. The fraction of sp³-hybridized carbons (Fsp3) is 0.300. The predicted molar refractivity (Wildman–Crippen MR) is 108 cm³/mol. The second kappa shape index (κ2) is 7.21. The average molecular weight is 401 g/mol. The number of ether oxygens (including phenoxy) is 1. The number of aliphatic hydroxyl groups is 1. The number of para-hydroxylation sites is 1. The Hall–Kier alpha value is -2.39. The molecule has 2 aromatic carbocycles. The van der Waals surface area contributed by atoms with Gasteiger partial charge >= 0.3 is 0 Å². The fourth-order valence-corrected chi connectivity index (χ4v) is 4.26. The molecule has 0 amide bonds. The topological polar surface area (TPSA) is 94.7 Å². The first-order valence-corrected chi connectivity index (χ1v) is 10.5. The van der Waals surface area contributed by atoms with Gasteiger partial charge in [0.2, 0.25) is 10.0 Å². The highest BCUT2D eigenvalue weighted by Crippen LogP contribution is 2.35. The number of hydrogen-bond donors (Lipinski definition) is 3. The van der Waals surface area contributed by atoms with Crippen LogP contribution >= 0.6 is 0 Å². The molecule has 0 aliphatic carbocycles. The summed E-state index contributed by atoms with van der Waals surface area (Å²) in [7, 11) is -0.584. The highest BCUT2D eigenvalue weighted by atomic mass is 32.2. The summed E-state index contributed by atoms with van der Waals surface area (Å²) in [5, 5.41) is 14.2. The molecule has 2 atom stereocenters. The molecule has 0 radical (unpaired) electrons. The van der Waals surface area contributed by atoms with Crippen molar-refractivity contribution < 1.29 is 18.3 Å². The van der Waals surface area contributed by atoms with Crippen molar-refractivity contribution >= 4 is 20.9 Å². The zero-order valence-corrected chi connectivity index (χ0v) is 16.5. The molecule has 1 aliphatic rings. The molecule has 28 heavy (non-hydrogen) atoms. The molecule has 0 unspecified atom stereocenters. The Bertz CT molecular complexity index is 1070. The standard InChI is InChI=1S/C20H23N3O4S/c1-23(2)28(25,26)14-7-8-19(27-20-12-21-11-18(20)24)15(10-14)17-9-13-5-3-4-6-16(13)22-17/h3-10,18,20-22,24H,11-12H2,1-2H3/t18-,20-/m1/s1. The number of benzene rings is 2. The zero-order chi connectivity index (χ0) is 19.9. The number of H-pyrrole nitrogens is 1. The van der Waals surface area contributed by atoms with Gasteiger partial charge in [-0.25, -0.2) is 12.7 Å². The van der Waals surface area contributed by atoms with Crippen molar-refractivity contribution in [1.82, 2.24) is 14.6 Å². The molecule has 1 aliphatic heterocycles. The van der Waals surface area contributed by atoms with Gasteiger partial charge in [-0.15, -0.1) is 0 Å². The average Bonchev–Trinajstić information content (AvgIpc) is 3.28. The Morgan fingerprint density at radius 2 is 1.89 bits per heavy atom. The van der Waals surface area contributed by atoms with Crippen LogP contribution in [0.15, 0.2) is 53.4 Å². The molecule has 0 spiro atoms. The van der Waals surface area contributed by atoms with E-state index in [0.29, 0.717) is 24.4 Å². The predicted octanol–water partition coefficient (Wildman–Crippen LogP) is 1.80. The molecular formula is C20H23N3O4S. The monoisotopic (exact) mass is 401 g/mol. The first kappa shape index (κ1) is 18.9. The van der Waals surface area contributed by atoms with E-state index in [4.69, 9.17) is 4.74 Å². The quantitative estimate of drug-likeness (QED) is 0.606. The van der Waals surface area contributed by atoms with Crippen LogP contribution < -0.4 is 10.1 Å². The number of nitrogens with one attached hydrogen (secondary N) is 2. The maximum Gasteiger partial charge on any atom is 0.242 e. The summed E-state index contributed by atoms with van der Waals surface area (Å²) in [4.78, 5) is 3.51. The van der Waals surface area contributed by atoms with Crippen molar-refractivity contribution in [1.29, 1.82) is 0 Å². The molecule has 2 heterocycles. The third-order valence-electron chi connectivity index (χ3n) is 4.96. The van der Waals surface area contributed by atoms with Crippen LogP contribution in [0.1, 0.15) is 0 Å². The molecule has 8 heteroatoms. The Labute approximate surface area is 164 Å². The molecule has 148 valence electrons. The van der Waals surface area contributed by atoms with Crippen LogP contribution in [0.25, 0.3) is 22.2 Å². The van der Waals surface area contributed by atoms with Gasteiger partial charge in [-0.05, 0) is 30.3 Å². The van der Waals surface area contributed by atoms with Gasteiger partial charge in [0.25, 0.3) is 0 Å². The summed E-state index contributed by atoms with van der Waals surface area (Å²) in [5.41, 5.74) is 2.34. The fourth-order valence-electron chi connectivity index (χ4n) is 3.34. The van der Waals surface area contributed by atoms with Crippen molar-refractivity contribution in [2.75, 3.05) is 27.2 Å². The number of aromatic amines is 1. The minimum atomic E-state index is -3.59. The van der Waals surface area contributed by atoms with Crippen LogP contribution in [0.2, 0.25) is 0 Å². The molecular weight excluding hydrogens is 378 g/mol. The van der Waals surface area contributed by atoms with Gasteiger partial charge in [0.05, 0.1) is 10.6 Å². The summed E-state index contributed by atoms with van der Waals surface area (Å²) in [6.07, 6.45) is -1.000. The van der Waals surface area contributed by atoms with E-state index >= 15 is 0 Å². The van der Waals surface area contributed by atoms with E-state index in [9.17, 15) is 13.5 Å². The van der Waals surface area contributed by atoms with E-state index < -0.39 is 16.1 Å². The smallest absolute Gasteiger partial charge is 0.242 e. The molecule has 4 rings (SSSR count). The van der Waals surface area contributed by atoms with E-state index in [0.717, 1.165) is 16.6 Å². The first-order chi connectivity index (χ1) is 13.4. The lowest BCUT2D eigenvalue weighted by molar-refractivity contribution is 0.0741. The van der Waals surface area contributed by atoms with Crippen LogP contribution in [-0.4, -0.2) is 62.2 Å². The Balaban J connectivity index is 1.83. The van der Waals surface area contributed by atoms with Gasteiger partial charge in [0.15, 0.2) is 0 Å². The number of sulfonamides is 1. The second-order valence-corrected chi connectivity index (χ2v) is 9.25. The summed E-state index contributed by atoms with van der Waals surface area (Å²) in [6, 6.07) is 14.6. The number of aromatic nitrogens is 1. The summed E-state index contributed by atoms with van der Waals surface area (Å²) < 4.78 is 32.5. The molecule has 1 aromatic heterocycles. The van der Waals surface area contributed by atoms with Crippen LogP contribution in [0.4, 0.5) is 0 Å². The van der Waals surface area contributed by atoms with Gasteiger partial charge in [0, 0.05) is 43.7 Å². The number of hydrogen-bond acceptors (Lipinski definition) is 5. The van der Waals surface area contributed by atoms with Crippen LogP contribution in [0.5, 0.6) is 5.75 Å². The first-order valence-electron chi connectivity index (χ1n) is 9.06. The third-order valence-corrected chi connectivity index (χ3v) is 6.77. The van der Waals surface area contributed by atoms with E-state index in [1.165, 1.54) is 24.5 Å². The Kier molecular flexibility index (Phi) is 4.88. The zero-order valence-electron chi connectivity index (χ0n) is 15.7. The molecule has 3 N–H and O–H groups in total. The van der Waals surface area contributed by atoms with Crippen LogP contribution in [-0.2, 0) is 10.0 Å². The molecule has 1 saturated heterocycles. The molecule has 7 nitrogen and oxygen atoms in total. The maximum atomic E-state index is 12.6. The SMILES string of the molecule is CN(C)S(=O)(=O)c1ccc(O[C@@H]2CNC[C@H]2O)c(-c2cc3ccccc3[nH]2)c1. The van der Waals surface area contributed by atoms with Crippen LogP contribution in [0, 0.1) is 0 Å². The highest BCUT2D eigenvalue weighted by molar-refractivity contribution is 7.89. The molecule has 3 aromatic rings. The lowest BCUT2D eigenvalue weighted by Crippen LogP contribution is -2.30. The second-order valence-electron chi connectivity index (χ2n) is 7.10. The highest BCUT2D eigenvalue weighted by Gasteiger charge is 2.28. The van der Waals surface area contributed by atoms with E-state index in [-0.39, 0.29) is 11.0 Å². The normalized spacial score (nSPS) is 20.1. The Morgan fingerprint density at radius 1 is 1.11 bits per heavy atom. The molecule has 0 saturated carbocycles. The van der Waals surface area contributed by atoms with Crippen molar-refractivity contribution in [3.63, 3.8) is 0 Å². The number of rotatable bonds is 5. The number of nitrogens with zero attached hydrogens (tertiary/aromatic N) is 1. The van der Waals surface area contributed by atoms with E-state index in [2.05, 4.69) is 10.3 Å². The van der Waals surface area contributed by atoms with E-state index in [1.54, 1.807) is 12.1 Å². The van der Waals surface area contributed by atoms with E-state index in [1.807, 2.05) is 30.3 Å². The summed E-state index contributed by atoms with van der Waals surface area (Å²) in [6.45, 7) is 1.00. The number of aliphatic hydroxyl groups excluding tert-OH is 1. The summed E-state index contributed by atoms with van der Waals surface area (Å²) in [5.74, 6) is 0.525. The Morgan fingerprint density at radius 3 is 2.57 bits per heavy atom. The van der Waals surface area contributed by atoms with Crippen molar-refractivity contribution in [3.8, 4) is 17.0 Å². The lowest BCUT2D eigenvalue weighted by atomic mass is 10.1. The lowest BCUT2D eigenvalue weighted by Gasteiger charge is -2.20. The van der Waals surface area contributed by atoms with Gasteiger partial charge in [-0.1, -0.05) is 18.2 Å². The molecule has 0 bridgehead atoms. The van der Waals surface area contributed by atoms with Gasteiger partial charge < -0.3 is 20.1 Å². The molecule has 1 fully saturated rings. The van der Waals surface area contributed by atoms with Crippen LogP contribution in [0.3, 0.4) is 0 Å². The minimum Gasteiger partial charge on any atom is -0.486 e.